The molecular weight excluding hydrogens is 273 g/mol. The summed E-state index contributed by atoms with van der Waals surface area (Å²) < 4.78 is 14.1. The fourth-order valence-corrected chi connectivity index (χ4v) is 3.01. The summed E-state index contributed by atoms with van der Waals surface area (Å²) in [4.78, 5) is 0. The average Bonchev–Trinajstić information content (AvgIpc) is 2.40. The molecule has 1 fully saturated rings. The molecule has 20 heavy (non-hydrogen) atoms. The van der Waals surface area contributed by atoms with Crippen molar-refractivity contribution in [1.82, 2.24) is 5.32 Å². The molecule has 0 bridgehead atoms. The summed E-state index contributed by atoms with van der Waals surface area (Å²) in [5, 5.41) is 3.52. The standard InChI is InChI=1S/C17H17ClFN/c1-12-5-7-14(8-6-12)17(10-20-11-17)9-13-3-2-4-15(18)16(13)19/h2-8,20H,9-11H2,1H3. The number of benzene rings is 2. The van der Waals surface area contributed by atoms with E-state index >= 15 is 0 Å². The molecular formula is C17H17ClFN. The first kappa shape index (κ1) is 13.6. The predicted octanol–water partition coefficient (Wildman–Crippen LogP) is 3.87. The van der Waals surface area contributed by atoms with E-state index in [1.807, 2.05) is 12.1 Å². The van der Waals surface area contributed by atoms with E-state index in [2.05, 4.69) is 36.5 Å². The van der Waals surface area contributed by atoms with Crippen LogP contribution in [-0.2, 0) is 11.8 Å². The molecule has 1 heterocycles. The van der Waals surface area contributed by atoms with Gasteiger partial charge in [-0.3, -0.25) is 0 Å². The van der Waals surface area contributed by atoms with Gasteiger partial charge in [0.1, 0.15) is 5.82 Å². The second-order valence-electron chi connectivity index (χ2n) is 5.64. The highest BCUT2D eigenvalue weighted by atomic mass is 35.5. The topological polar surface area (TPSA) is 12.0 Å². The molecule has 0 radical (unpaired) electrons. The molecule has 0 atom stereocenters. The van der Waals surface area contributed by atoms with Crippen LogP contribution in [0.4, 0.5) is 4.39 Å². The van der Waals surface area contributed by atoms with E-state index in [1.165, 1.54) is 11.1 Å². The van der Waals surface area contributed by atoms with Crippen molar-refractivity contribution in [3.8, 4) is 0 Å². The Morgan fingerprint density at radius 2 is 1.85 bits per heavy atom. The molecule has 0 saturated carbocycles. The van der Waals surface area contributed by atoms with Gasteiger partial charge in [0.05, 0.1) is 5.02 Å². The third-order valence-corrected chi connectivity index (χ3v) is 4.44. The minimum absolute atomic E-state index is 0.0147. The maximum Gasteiger partial charge on any atom is 0.145 e. The maximum absolute atomic E-state index is 14.1. The molecule has 3 heteroatoms. The van der Waals surface area contributed by atoms with Crippen molar-refractivity contribution in [1.29, 1.82) is 0 Å². The van der Waals surface area contributed by atoms with Gasteiger partial charge >= 0.3 is 0 Å². The molecule has 3 rings (SSSR count). The fourth-order valence-electron chi connectivity index (χ4n) is 2.81. The maximum atomic E-state index is 14.1. The lowest BCUT2D eigenvalue weighted by Crippen LogP contribution is -2.58. The van der Waals surface area contributed by atoms with Crippen LogP contribution in [0.2, 0.25) is 5.02 Å². The smallest absolute Gasteiger partial charge is 0.145 e. The SMILES string of the molecule is Cc1ccc(C2(Cc3cccc(Cl)c3F)CNC2)cc1. The Kier molecular flexibility index (Phi) is 3.53. The third kappa shape index (κ3) is 2.34. The summed E-state index contributed by atoms with van der Waals surface area (Å²) >= 11 is 5.88. The van der Waals surface area contributed by atoms with Crippen molar-refractivity contribution in [2.24, 2.45) is 0 Å². The fraction of sp³-hybridized carbons (Fsp3) is 0.294. The summed E-state index contributed by atoms with van der Waals surface area (Å²) in [5.74, 6) is -0.285. The van der Waals surface area contributed by atoms with Crippen LogP contribution in [0.15, 0.2) is 42.5 Å². The molecule has 0 spiro atoms. The van der Waals surface area contributed by atoms with Gasteiger partial charge in [-0.05, 0) is 30.5 Å². The number of rotatable bonds is 3. The lowest BCUT2D eigenvalue weighted by atomic mass is 9.71. The minimum atomic E-state index is -0.285. The lowest BCUT2D eigenvalue weighted by molar-refractivity contribution is 0.272. The summed E-state index contributed by atoms with van der Waals surface area (Å²) in [6, 6.07) is 13.8. The van der Waals surface area contributed by atoms with Crippen LogP contribution in [-0.4, -0.2) is 13.1 Å². The Bertz CT molecular complexity index is 617. The van der Waals surface area contributed by atoms with Gasteiger partial charge in [0.2, 0.25) is 0 Å². The van der Waals surface area contributed by atoms with Gasteiger partial charge in [0.25, 0.3) is 0 Å². The van der Waals surface area contributed by atoms with Gasteiger partial charge in [0.15, 0.2) is 0 Å². The first-order valence-corrected chi connectivity index (χ1v) is 7.19. The van der Waals surface area contributed by atoms with Crippen molar-refractivity contribution in [3.05, 3.63) is 70.0 Å². The molecule has 0 aromatic heterocycles. The van der Waals surface area contributed by atoms with Crippen molar-refractivity contribution >= 4 is 11.6 Å². The zero-order valence-electron chi connectivity index (χ0n) is 11.4. The van der Waals surface area contributed by atoms with Crippen LogP contribution in [0.5, 0.6) is 0 Å². The van der Waals surface area contributed by atoms with Crippen LogP contribution in [0.25, 0.3) is 0 Å². The number of halogens is 2. The number of hydrogen-bond acceptors (Lipinski definition) is 1. The Morgan fingerprint density at radius 1 is 1.15 bits per heavy atom. The molecule has 1 N–H and O–H groups in total. The number of aryl methyl sites for hydroxylation is 1. The average molecular weight is 290 g/mol. The van der Waals surface area contributed by atoms with E-state index in [1.54, 1.807) is 6.07 Å². The van der Waals surface area contributed by atoms with E-state index in [0.717, 1.165) is 13.1 Å². The van der Waals surface area contributed by atoms with E-state index in [9.17, 15) is 4.39 Å². The second-order valence-corrected chi connectivity index (χ2v) is 6.05. The van der Waals surface area contributed by atoms with Crippen molar-refractivity contribution in [2.75, 3.05) is 13.1 Å². The van der Waals surface area contributed by atoms with Gasteiger partial charge in [-0.15, -0.1) is 0 Å². The van der Waals surface area contributed by atoms with Crippen LogP contribution >= 0.6 is 11.6 Å². The summed E-state index contributed by atoms with van der Waals surface area (Å²) in [5.41, 5.74) is 3.19. The largest absolute Gasteiger partial charge is 0.315 e. The van der Waals surface area contributed by atoms with Crippen LogP contribution in [0.3, 0.4) is 0 Å². The zero-order chi connectivity index (χ0) is 14.2. The Morgan fingerprint density at radius 3 is 2.45 bits per heavy atom. The highest BCUT2D eigenvalue weighted by Crippen LogP contribution is 2.34. The van der Waals surface area contributed by atoms with Gasteiger partial charge in [0, 0.05) is 18.5 Å². The normalized spacial score (nSPS) is 16.8. The summed E-state index contributed by atoms with van der Waals surface area (Å²) in [7, 11) is 0. The van der Waals surface area contributed by atoms with E-state index in [4.69, 9.17) is 11.6 Å². The number of nitrogens with one attached hydrogen (secondary N) is 1. The summed E-state index contributed by atoms with van der Waals surface area (Å²) in [6.45, 7) is 3.83. The minimum Gasteiger partial charge on any atom is -0.315 e. The van der Waals surface area contributed by atoms with Gasteiger partial charge < -0.3 is 5.32 Å². The second kappa shape index (κ2) is 5.19. The van der Waals surface area contributed by atoms with Crippen molar-refractivity contribution < 1.29 is 4.39 Å². The van der Waals surface area contributed by atoms with E-state index in [-0.39, 0.29) is 16.3 Å². The monoisotopic (exact) mass is 289 g/mol. The first-order chi connectivity index (χ1) is 9.61. The molecule has 0 aliphatic carbocycles. The van der Waals surface area contributed by atoms with Crippen LogP contribution in [0.1, 0.15) is 16.7 Å². The molecule has 1 nitrogen and oxygen atoms in total. The molecule has 1 saturated heterocycles. The molecule has 104 valence electrons. The lowest BCUT2D eigenvalue weighted by Gasteiger charge is -2.43. The summed E-state index contributed by atoms with van der Waals surface area (Å²) in [6.07, 6.45) is 0.676. The molecule has 0 amide bonds. The Labute approximate surface area is 123 Å². The zero-order valence-corrected chi connectivity index (χ0v) is 12.2. The molecule has 1 aliphatic heterocycles. The molecule has 2 aromatic carbocycles. The van der Waals surface area contributed by atoms with Gasteiger partial charge in [-0.1, -0.05) is 53.6 Å². The first-order valence-electron chi connectivity index (χ1n) is 6.81. The highest BCUT2D eigenvalue weighted by molar-refractivity contribution is 6.30. The predicted molar refractivity (Wildman–Crippen MR) is 80.8 cm³/mol. The van der Waals surface area contributed by atoms with Crippen LogP contribution < -0.4 is 5.32 Å². The Balaban J connectivity index is 1.94. The van der Waals surface area contributed by atoms with E-state index in [0.29, 0.717) is 12.0 Å². The van der Waals surface area contributed by atoms with Crippen LogP contribution in [0, 0.1) is 12.7 Å². The van der Waals surface area contributed by atoms with Crippen molar-refractivity contribution in [3.63, 3.8) is 0 Å². The van der Waals surface area contributed by atoms with Gasteiger partial charge in [-0.2, -0.15) is 0 Å². The third-order valence-electron chi connectivity index (χ3n) is 4.15. The van der Waals surface area contributed by atoms with Gasteiger partial charge in [-0.25, -0.2) is 4.39 Å². The Hall–Kier alpha value is -1.38. The van der Waals surface area contributed by atoms with Crippen molar-refractivity contribution in [2.45, 2.75) is 18.8 Å². The molecule has 1 aliphatic rings. The van der Waals surface area contributed by atoms with E-state index < -0.39 is 0 Å². The molecule has 0 unspecified atom stereocenters. The molecule has 2 aromatic rings. The number of hydrogen-bond donors (Lipinski definition) is 1. The highest BCUT2D eigenvalue weighted by Gasteiger charge is 2.39. The quantitative estimate of drug-likeness (QED) is 0.904.